The molecule has 0 saturated carbocycles. The number of anilines is 2. The molecule has 162 valence electrons. The lowest BCUT2D eigenvalue weighted by atomic mass is 10.1. The molecule has 0 atom stereocenters. The van der Waals surface area contributed by atoms with E-state index in [0.29, 0.717) is 13.3 Å². The number of sulfonamides is 1. The van der Waals surface area contributed by atoms with Crippen molar-refractivity contribution < 1.29 is 13.2 Å². The molecule has 2 aromatic carbocycles. The second-order valence-corrected chi connectivity index (χ2v) is 9.89. The van der Waals surface area contributed by atoms with Gasteiger partial charge in [0.15, 0.2) is 5.82 Å². The van der Waals surface area contributed by atoms with Crippen LogP contribution in [-0.2, 0) is 27.8 Å². The van der Waals surface area contributed by atoms with Crippen LogP contribution >= 0.6 is 11.8 Å². The number of aromatic nitrogens is 2. The van der Waals surface area contributed by atoms with E-state index in [1.807, 2.05) is 11.9 Å². The third kappa shape index (κ3) is 4.89. The molecule has 0 radical (unpaired) electrons. The van der Waals surface area contributed by atoms with E-state index in [1.54, 1.807) is 43.4 Å². The topological polar surface area (TPSA) is 102 Å². The van der Waals surface area contributed by atoms with Crippen molar-refractivity contribution in [1.82, 2.24) is 14.9 Å². The summed E-state index contributed by atoms with van der Waals surface area (Å²) in [7, 11) is 0.00954. The Morgan fingerprint density at radius 2 is 1.74 bits per heavy atom. The van der Waals surface area contributed by atoms with Crippen molar-refractivity contribution in [2.24, 2.45) is 5.14 Å². The number of hydrogen-bond donors (Lipinski definition) is 1. The number of rotatable bonds is 7. The van der Waals surface area contributed by atoms with E-state index in [0.717, 1.165) is 39.1 Å². The maximum Gasteiger partial charge on any atom is 0.238 e. The molecule has 0 amide bonds. The smallest absolute Gasteiger partial charge is 0.238 e. The zero-order chi connectivity index (χ0) is 22.0. The van der Waals surface area contributed by atoms with Crippen LogP contribution in [0.25, 0.3) is 0 Å². The molecule has 0 saturated heterocycles. The van der Waals surface area contributed by atoms with Gasteiger partial charge in [0.1, 0.15) is 11.8 Å². The van der Waals surface area contributed by atoms with Gasteiger partial charge in [-0.05, 0) is 42.4 Å². The third-order valence-corrected chi connectivity index (χ3v) is 6.81. The summed E-state index contributed by atoms with van der Waals surface area (Å²) < 4.78 is 28.3. The van der Waals surface area contributed by atoms with Crippen LogP contribution < -0.4 is 10.0 Å². The summed E-state index contributed by atoms with van der Waals surface area (Å²) >= 11 is 1.60. The Balaban J connectivity index is 1.51. The molecule has 8 nitrogen and oxygen atoms in total. The molecule has 31 heavy (non-hydrogen) atoms. The molecule has 1 aromatic heterocycles. The first-order valence-corrected chi connectivity index (χ1v) is 11.9. The second kappa shape index (κ2) is 8.93. The summed E-state index contributed by atoms with van der Waals surface area (Å²) in [6.45, 7) is 1.78. The quantitative estimate of drug-likeness (QED) is 0.578. The highest BCUT2D eigenvalue weighted by Crippen LogP contribution is 2.46. The minimum atomic E-state index is -3.68. The fourth-order valence-corrected chi connectivity index (χ4v) is 4.98. The third-order valence-electron chi connectivity index (χ3n) is 4.84. The largest absolute Gasteiger partial charge is 0.364 e. The molecule has 2 N–H and O–H groups in total. The van der Waals surface area contributed by atoms with Gasteiger partial charge in [0.05, 0.1) is 10.6 Å². The number of primary sulfonamides is 1. The van der Waals surface area contributed by atoms with Crippen LogP contribution in [0.4, 0.5) is 11.5 Å². The normalized spacial score (nSPS) is 13.2. The lowest BCUT2D eigenvalue weighted by molar-refractivity contribution is 0.204. The van der Waals surface area contributed by atoms with Crippen LogP contribution in [0.5, 0.6) is 0 Å². The summed E-state index contributed by atoms with van der Waals surface area (Å²) in [5, 5.41) is 6.03. The van der Waals surface area contributed by atoms with Gasteiger partial charge in [-0.25, -0.2) is 23.5 Å². The summed E-state index contributed by atoms with van der Waals surface area (Å²) in [6, 6.07) is 13.0. The van der Waals surface area contributed by atoms with Crippen molar-refractivity contribution in [3.05, 3.63) is 66.0 Å². The molecule has 1 aliphatic heterocycles. The van der Waals surface area contributed by atoms with Crippen molar-refractivity contribution in [3.63, 3.8) is 0 Å². The minimum Gasteiger partial charge on any atom is -0.364 e. The fraction of sp³-hybridized carbons (Fsp3) is 0.238. The lowest BCUT2D eigenvalue weighted by Crippen LogP contribution is -2.25. The highest BCUT2D eigenvalue weighted by molar-refractivity contribution is 7.99. The summed E-state index contributed by atoms with van der Waals surface area (Å²) in [5.74, 6) is 0.794. The van der Waals surface area contributed by atoms with Gasteiger partial charge in [-0.1, -0.05) is 30.0 Å². The molecule has 4 rings (SSSR count). The van der Waals surface area contributed by atoms with Gasteiger partial charge in [-0.15, -0.1) is 0 Å². The number of methoxy groups -OCH3 is 1. The second-order valence-electron chi connectivity index (χ2n) is 7.30. The van der Waals surface area contributed by atoms with Crippen molar-refractivity contribution in [2.75, 3.05) is 25.8 Å². The molecule has 0 unspecified atom stereocenters. The van der Waals surface area contributed by atoms with Crippen LogP contribution in [0.3, 0.4) is 0 Å². The predicted molar refractivity (Wildman–Crippen MR) is 120 cm³/mol. The number of nitrogens with two attached hydrogens (primary N) is 1. The van der Waals surface area contributed by atoms with Gasteiger partial charge in [-0.2, -0.15) is 0 Å². The maximum atomic E-state index is 11.4. The zero-order valence-electron chi connectivity index (χ0n) is 17.2. The average Bonchev–Trinajstić information content (AvgIpc) is 2.73. The number of hydrogen-bond acceptors (Lipinski definition) is 8. The standard InChI is InChI=1S/C21H23N5O3S2/c1-25(12-15-3-6-17(7-4-15)31(22,27)28)13-16-5-8-19-18(11-16)26(14-29-2)20-21(30-19)24-10-9-23-20/h3-11H,12-14H2,1-2H3,(H2,22,27,28). The monoisotopic (exact) mass is 457 g/mol. The zero-order valence-corrected chi connectivity index (χ0v) is 18.9. The van der Waals surface area contributed by atoms with E-state index in [4.69, 9.17) is 9.88 Å². The Kier molecular flexibility index (Phi) is 6.26. The molecule has 2 heterocycles. The van der Waals surface area contributed by atoms with E-state index in [1.165, 1.54) is 12.1 Å². The van der Waals surface area contributed by atoms with Crippen LogP contribution in [0.1, 0.15) is 11.1 Å². The predicted octanol–water partition coefficient (Wildman–Crippen LogP) is 2.96. The van der Waals surface area contributed by atoms with E-state index in [2.05, 4.69) is 33.1 Å². The first kappa shape index (κ1) is 21.7. The Hall–Kier alpha value is -2.50. The van der Waals surface area contributed by atoms with Gasteiger partial charge in [0.25, 0.3) is 0 Å². The highest BCUT2D eigenvalue weighted by Gasteiger charge is 2.25. The number of fused-ring (bicyclic) bond motifs is 2. The Morgan fingerprint density at radius 3 is 2.45 bits per heavy atom. The van der Waals surface area contributed by atoms with Crippen molar-refractivity contribution in [1.29, 1.82) is 0 Å². The SMILES string of the molecule is COCN1c2cc(CN(C)Cc3ccc(S(N)(=O)=O)cc3)ccc2Sc2nccnc21. The number of nitrogens with zero attached hydrogens (tertiary/aromatic N) is 4. The minimum absolute atomic E-state index is 0.118. The van der Waals surface area contributed by atoms with Crippen LogP contribution in [-0.4, -0.2) is 44.2 Å². The van der Waals surface area contributed by atoms with Gasteiger partial charge in [0.2, 0.25) is 10.0 Å². The Morgan fingerprint density at radius 1 is 1.06 bits per heavy atom. The van der Waals surface area contributed by atoms with Gasteiger partial charge >= 0.3 is 0 Å². The van der Waals surface area contributed by atoms with E-state index < -0.39 is 10.0 Å². The van der Waals surface area contributed by atoms with Gasteiger partial charge in [0, 0.05) is 37.5 Å². The molecular formula is C21H23N5O3S2. The lowest BCUT2D eigenvalue weighted by Gasteiger charge is -2.30. The molecule has 10 heteroatoms. The molecule has 0 bridgehead atoms. The van der Waals surface area contributed by atoms with Gasteiger partial charge in [-0.3, -0.25) is 9.80 Å². The molecule has 0 aliphatic carbocycles. The van der Waals surface area contributed by atoms with E-state index in [-0.39, 0.29) is 4.90 Å². The first-order chi connectivity index (χ1) is 14.8. The van der Waals surface area contributed by atoms with Crippen molar-refractivity contribution in [3.8, 4) is 0 Å². The highest BCUT2D eigenvalue weighted by atomic mass is 32.2. The molecule has 3 aromatic rings. The molecular weight excluding hydrogens is 434 g/mol. The maximum absolute atomic E-state index is 11.4. The van der Waals surface area contributed by atoms with Crippen molar-refractivity contribution in [2.45, 2.75) is 27.9 Å². The van der Waals surface area contributed by atoms with E-state index in [9.17, 15) is 8.42 Å². The summed E-state index contributed by atoms with van der Waals surface area (Å²) in [6.07, 6.45) is 3.38. The average molecular weight is 458 g/mol. The number of ether oxygens (including phenoxy) is 1. The van der Waals surface area contributed by atoms with Gasteiger partial charge < -0.3 is 4.74 Å². The van der Waals surface area contributed by atoms with E-state index >= 15 is 0 Å². The Labute approximate surface area is 186 Å². The van der Waals surface area contributed by atoms with Crippen LogP contribution in [0.2, 0.25) is 0 Å². The van der Waals surface area contributed by atoms with Crippen LogP contribution in [0, 0.1) is 0 Å². The summed E-state index contributed by atoms with van der Waals surface area (Å²) in [5.41, 5.74) is 3.20. The molecule has 0 fully saturated rings. The Bertz CT molecular complexity index is 1190. The molecule has 1 aliphatic rings. The summed E-state index contributed by atoms with van der Waals surface area (Å²) in [4.78, 5) is 14.3. The first-order valence-electron chi connectivity index (χ1n) is 9.53. The van der Waals surface area contributed by atoms with Crippen LogP contribution in [0.15, 0.2) is 69.7 Å². The van der Waals surface area contributed by atoms with Crippen molar-refractivity contribution >= 4 is 33.3 Å². The molecule has 0 spiro atoms. The number of benzene rings is 2. The fourth-order valence-electron chi connectivity index (χ4n) is 3.48.